The smallest absolute Gasteiger partial charge is 0.264 e. The van der Waals surface area contributed by atoms with Crippen molar-refractivity contribution < 1.29 is 22.7 Å². The van der Waals surface area contributed by atoms with Crippen molar-refractivity contribution in [3.8, 4) is 5.75 Å². The van der Waals surface area contributed by atoms with E-state index in [-0.39, 0.29) is 29.8 Å². The highest BCUT2D eigenvalue weighted by Crippen LogP contribution is 2.25. The molecule has 4 aromatic rings. The number of carbonyl (C=O) groups is 2. The van der Waals surface area contributed by atoms with E-state index in [0.29, 0.717) is 17.9 Å². The number of rotatable bonds is 14. The fourth-order valence-electron chi connectivity index (χ4n) is 4.81. The molecule has 0 aliphatic carbocycles. The van der Waals surface area contributed by atoms with Crippen LogP contribution in [0.3, 0.4) is 0 Å². The lowest BCUT2D eigenvalue weighted by molar-refractivity contribution is -0.140. The van der Waals surface area contributed by atoms with E-state index >= 15 is 0 Å². The van der Waals surface area contributed by atoms with Crippen molar-refractivity contribution in [1.29, 1.82) is 0 Å². The molecule has 0 saturated heterocycles. The van der Waals surface area contributed by atoms with Gasteiger partial charge in [-0.05, 0) is 60.9 Å². The van der Waals surface area contributed by atoms with Crippen molar-refractivity contribution in [2.75, 3.05) is 18.0 Å². The summed E-state index contributed by atoms with van der Waals surface area (Å²) in [6.07, 6.45) is 0.959. The molecule has 2 atom stereocenters. The van der Waals surface area contributed by atoms with Crippen LogP contribution in [0.15, 0.2) is 120 Å². The van der Waals surface area contributed by atoms with Crippen molar-refractivity contribution >= 4 is 27.5 Å². The Morgan fingerprint density at radius 2 is 1.41 bits per heavy atom. The molecule has 4 rings (SSSR count). The molecule has 2 amide bonds. The lowest BCUT2D eigenvalue weighted by Crippen LogP contribution is -2.54. The highest BCUT2D eigenvalue weighted by atomic mass is 32.2. The monoisotopic (exact) mass is 613 g/mol. The Kier molecular flexibility index (Phi) is 11.2. The van der Waals surface area contributed by atoms with Crippen molar-refractivity contribution in [2.24, 2.45) is 0 Å². The molecular formula is C35H39N3O5S. The molecule has 9 heteroatoms. The summed E-state index contributed by atoms with van der Waals surface area (Å²) in [5, 5.41) is 3.05. The van der Waals surface area contributed by atoms with Gasteiger partial charge in [-0.3, -0.25) is 13.9 Å². The number of sulfonamides is 1. The zero-order chi connectivity index (χ0) is 31.5. The first kappa shape index (κ1) is 32.3. The molecule has 0 aliphatic heterocycles. The number of anilines is 1. The molecule has 0 bridgehead atoms. The summed E-state index contributed by atoms with van der Waals surface area (Å²) in [6, 6.07) is 32.3. The maximum Gasteiger partial charge on any atom is 0.264 e. The third-order valence-electron chi connectivity index (χ3n) is 7.41. The van der Waals surface area contributed by atoms with Crippen LogP contribution < -0.4 is 14.4 Å². The van der Waals surface area contributed by atoms with Crippen LogP contribution in [-0.2, 0) is 32.6 Å². The van der Waals surface area contributed by atoms with Crippen LogP contribution >= 0.6 is 0 Å². The fourth-order valence-corrected chi connectivity index (χ4v) is 6.24. The van der Waals surface area contributed by atoms with Crippen LogP contribution in [0.4, 0.5) is 5.69 Å². The molecule has 0 aromatic heterocycles. The highest BCUT2D eigenvalue weighted by Gasteiger charge is 2.35. The first-order valence-corrected chi connectivity index (χ1v) is 16.1. The number of amides is 2. The maximum atomic E-state index is 14.5. The Balaban J connectivity index is 1.79. The second-order valence-electron chi connectivity index (χ2n) is 10.6. The minimum absolute atomic E-state index is 0.0614. The van der Waals surface area contributed by atoms with E-state index in [1.807, 2.05) is 62.4 Å². The molecule has 0 fully saturated rings. The predicted molar refractivity (Wildman–Crippen MR) is 173 cm³/mol. The number of nitrogens with zero attached hydrogens (tertiary/aromatic N) is 2. The largest absolute Gasteiger partial charge is 0.497 e. The molecule has 44 heavy (non-hydrogen) atoms. The van der Waals surface area contributed by atoms with Gasteiger partial charge in [0.25, 0.3) is 10.0 Å². The number of benzene rings is 4. The normalized spacial score (nSPS) is 12.5. The number of para-hydroxylation sites is 1. The average Bonchev–Trinajstić information content (AvgIpc) is 3.06. The number of carbonyl (C=O) groups excluding carboxylic acids is 2. The molecule has 0 aliphatic rings. The number of hydrogen-bond donors (Lipinski definition) is 1. The number of hydrogen-bond acceptors (Lipinski definition) is 5. The van der Waals surface area contributed by atoms with E-state index in [2.05, 4.69) is 5.32 Å². The molecule has 230 valence electrons. The standard InChI is InChI=1S/C35H39N3O5S/c1-4-27(2)36-35(40)33(24-28-15-8-5-9-16-28)37(25-29-17-14-20-31(23-29)43-3)34(39)26-38(30-18-10-6-11-19-30)44(41,42)32-21-12-7-13-22-32/h5-23,27,33H,4,24-26H2,1-3H3,(H,36,40)/t27-,33-/m0/s1. The van der Waals surface area contributed by atoms with E-state index in [1.54, 1.807) is 61.7 Å². The van der Waals surface area contributed by atoms with E-state index in [0.717, 1.165) is 15.4 Å². The minimum Gasteiger partial charge on any atom is -0.497 e. The van der Waals surface area contributed by atoms with Gasteiger partial charge in [0.1, 0.15) is 18.3 Å². The van der Waals surface area contributed by atoms with Gasteiger partial charge in [-0.1, -0.05) is 85.8 Å². The highest BCUT2D eigenvalue weighted by molar-refractivity contribution is 7.92. The van der Waals surface area contributed by atoms with E-state index < -0.39 is 28.5 Å². The Labute approximate surface area is 260 Å². The Hall–Kier alpha value is -4.63. The second kappa shape index (κ2) is 15.2. The van der Waals surface area contributed by atoms with Gasteiger partial charge in [0.15, 0.2) is 0 Å². The van der Waals surface area contributed by atoms with Crippen LogP contribution in [0.2, 0.25) is 0 Å². The summed E-state index contributed by atoms with van der Waals surface area (Å²) in [6.45, 7) is 3.44. The van der Waals surface area contributed by atoms with Crippen LogP contribution in [0.5, 0.6) is 5.75 Å². The maximum absolute atomic E-state index is 14.5. The van der Waals surface area contributed by atoms with E-state index in [1.165, 1.54) is 17.0 Å². The molecule has 4 aromatic carbocycles. The Morgan fingerprint density at radius 3 is 2.02 bits per heavy atom. The zero-order valence-corrected chi connectivity index (χ0v) is 26.1. The summed E-state index contributed by atoms with van der Waals surface area (Å²) >= 11 is 0. The van der Waals surface area contributed by atoms with Gasteiger partial charge < -0.3 is 15.0 Å². The second-order valence-corrected chi connectivity index (χ2v) is 12.4. The topological polar surface area (TPSA) is 96.0 Å². The van der Waals surface area contributed by atoms with Gasteiger partial charge >= 0.3 is 0 Å². The predicted octanol–water partition coefficient (Wildman–Crippen LogP) is 5.45. The first-order chi connectivity index (χ1) is 21.2. The SMILES string of the molecule is CC[C@H](C)NC(=O)[C@H](Cc1ccccc1)N(Cc1cccc(OC)c1)C(=O)CN(c1ccccc1)S(=O)(=O)c1ccccc1. The van der Waals surface area contributed by atoms with Crippen LogP contribution in [-0.4, -0.2) is 50.9 Å². The van der Waals surface area contributed by atoms with Gasteiger partial charge in [-0.15, -0.1) is 0 Å². The Bertz CT molecular complexity index is 1620. The third-order valence-corrected chi connectivity index (χ3v) is 9.20. The minimum atomic E-state index is -4.13. The number of methoxy groups -OCH3 is 1. The van der Waals surface area contributed by atoms with Crippen molar-refractivity contribution in [2.45, 2.75) is 50.2 Å². The van der Waals surface area contributed by atoms with Gasteiger partial charge in [-0.25, -0.2) is 8.42 Å². The summed E-state index contributed by atoms with van der Waals surface area (Å²) in [7, 11) is -2.57. The van der Waals surface area contributed by atoms with Crippen molar-refractivity contribution in [3.63, 3.8) is 0 Å². The lowest BCUT2D eigenvalue weighted by Gasteiger charge is -2.34. The van der Waals surface area contributed by atoms with Gasteiger partial charge in [0.2, 0.25) is 11.8 Å². The molecule has 0 radical (unpaired) electrons. The average molecular weight is 614 g/mol. The summed E-state index contributed by atoms with van der Waals surface area (Å²) in [5.74, 6) is -0.218. The van der Waals surface area contributed by atoms with Gasteiger partial charge in [0, 0.05) is 19.0 Å². The third kappa shape index (κ3) is 8.26. The number of nitrogens with one attached hydrogen (secondary N) is 1. The summed E-state index contributed by atoms with van der Waals surface area (Å²) in [5.41, 5.74) is 1.95. The van der Waals surface area contributed by atoms with E-state index in [4.69, 9.17) is 4.74 Å². The zero-order valence-electron chi connectivity index (χ0n) is 25.3. The molecule has 0 unspecified atom stereocenters. The quantitative estimate of drug-likeness (QED) is 0.204. The van der Waals surface area contributed by atoms with Crippen molar-refractivity contribution in [3.05, 3.63) is 126 Å². The van der Waals surface area contributed by atoms with Crippen LogP contribution in [0, 0.1) is 0 Å². The Morgan fingerprint density at radius 1 is 0.818 bits per heavy atom. The molecule has 0 spiro atoms. The lowest BCUT2D eigenvalue weighted by atomic mass is 10.0. The first-order valence-electron chi connectivity index (χ1n) is 14.6. The fraction of sp³-hybridized carbons (Fsp3) is 0.257. The molecule has 8 nitrogen and oxygen atoms in total. The van der Waals surface area contributed by atoms with Crippen molar-refractivity contribution in [1.82, 2.24) is 10.2 Å². The molecule has 0 saturated carbocycles. The van der Waals surface area contributed by atoms with Crippen LogP contribution in [0.1, 0.15) is 31.4 Å². The van der Waals surface area contributed by atoms with Gasteiger partial charge in [0.05, 0.1) is 17.7 Å². The molecule has 0 heterocycles. The van der Waals surface area contributed by atoms with Crippen LogP contribution in [0.25, 0.3) is 0 Å². The molecular weight excluding hydrogens is 574 g/mol. The number of ether oxygens (including phenoxy) is 1. The summed E-state index contributed by atoms with van der Waals surface area (Å²) < 4.78 is 34.5. The van der Waals surface area contributed by atoms with Gasteiger partial charge in [-0.2, -0.15) is 0 Å². The van der Waals surface area contributed by atoms with E-state index in [9.17, 15) is 18.0 Å². The molecule has 1 N–H and O–H groups in total. The summed E-state index contributed by atoms with van der Waals surface area (Å²) in [4.78, 5) is 29.9.